The molecule has 18 heavy (non-hydrogen) atoms. The molecule has 0 spiro atoms. The van der Waals surface area contributed by atoms with E-state index in [1.165, 1.54) is 38.5 Å². The molecule has 0 aromatic rings. The Morgan fingerprint density at radius 2 is 1.33 bits per heavy atom. The fourth-order valence-corrected chi connectivity index (χ4v) is 1.77. The number of ketones is 1. The lowest BCUT2D eigenvalue weighted by molar-refractivity contribution is -0.117. The molecular weight excluding hydrogens is 222 g/mol. The second-order valence-corrected chi connectivity index (χ2v) is 5.04. The third-order valence-electron chi connectivity index (χ3n) is 2.76. The number of rotatable bonds is 11. The molecule has 0 aliphatic carbocycles. The van der Waals surface area contributed by atoms with Gasteiger partial charge in [0.1, 0.15) is 5.78 Å². The highest BCUT2D eigenvalue weighted by molar-refractivity contribution is 5.75. The van der Waals surface area contributed by atoms with E-state index in [9.17, 15) is 4.79 Å². The lowest BCUT2D eigenvalue weighted by Crippen LogP contribution is -2.23. The topological polar surface area (TPSA) is 29.1 Å². The Bertz CT molecular complexity index is 166. The lowest BCUT2D eigenvalue weighted by Gasteiger charge is -2.07. The molecular formula is C16H35NO. The summed E-state index contributed by atoms with van der Waals surface area (Å²) in [5.41, 5.74) is 0. The average molecular weight is 257 g/mol. The zero-order valence-electron chi connectivity index (χ0n) is 13.3. The second-order valence-electron chi connectivity index (χ2n) is 5.04. The number of hydrogen-bond acceptors (Lipinski definition) is 2. The van der Waals surface area contributed by atoms with Crippen molar-refractivity contribution in [2.75, 3.05) is 6.54 Å². The Morgan fingerprint density at radius 1 is 0.889 bits per heavy atom. The molecule has 1 N–H and O–H groups in total. The molecule has 0 aromatic heterocycles. The third kappa shape index (κ3) is 21.0. The van der Waals surface area contributed by atoms with Crippen molar-refractivity contribution < 1.29 is 4.79 Å². The largest absolute Gasteiger partial charge is 0.315 e. The molecule has 0 heterocycles. The maximum Gasteiger partial charge on any atom is 0.129 e. The first kappa shape index (κ1) is 20.0. The Labute approximate surface area is 115 Å². The normalized spacial score (nSPS) is 10.1. The Kier molecular flexibility index (Phi) is 18.4. The van der Waals surface area contributed by atoms with Crippen molar-refractivity contribution >= 4 is 5.78 Å². The van der Waals surface area contributed by atoms with Crippen molar-refractivity contribution in [3.05, 3.63) is 0 Å². The van der Waals surface area contributed by atoms with Crippen LogP contribution in [0.2, 0.25) is 0 Å². The van der Waals surface area contributed by atoms with Gasteiger partial charge in [-0.3, -0.25) is 0 Å². The fraction of sp³-hybridized carbons (Fsp3) is 0.938. The molecule has 0 radical (unpaired) electrons. The van der Waals surface area contributed by atoms with Crippen molar-refractivity contribution in [3.63, 3.8) is 0 Å². The monoisotopic (exact) mass is 257 g/mol. The number of unbranched alkanes of at least 4 members (excludes halogenated alkanes) is 6. The number of hydrogen-bond donors (Lipinski definition) is 1. The number of carbonyl (C=O) groups excluding carboxylic acids is 1. The van der Waals surface area contributed by atoms with Crippen LogP contribution in [0, 0.1) is 0 Å². The van der Waals surface area contributed by atoms with E-state index in [2.05, 4.69) is 19.2 Å². The van der Waals surface area contributed by atoms with Gasteiger partial charge in [-0.2, -0.15) is 0 Å². The second kappa shape index (κ2) is 16.6. The molecule has 0 aliphatic rings. The van der Waals surface area contributed by atoms with Gasteiger partial charge in [0, 0.05) is 12.5 Å². The van der Waals surface area contributed by atoms with E-state index in [4.69, 9.17) is 0 Å². The standard InChI is InChI=1S/C14H29NO.C2H6/c1-13(2)15-12-10-8-6-4-5-7-9-11-14(3)16;1-2/h13,15H,4-12H2,1-3H3;1-2H3. The van der Waals surface area contributed by atoms with Crippen LogP contribution in [0.3, 0.4) is 0 Å². The highest BCUT2D eigenvalue weighted by Crippen LogP contribution is 2.08. The van der Waals surface area contributed by atoms with E-state index in [0.29, 0.717) is 11.8 Å². The van der Waals surface area contributed by atoms with Crippen LogP contribution in [0.15, 0.2) is 0 Å². The molecule has 110 valence electrons. The van der Waals surface area contributed by atoms with E-state index >= 15 is 0 Å². The van der Waals surface area contributed by atoms with Gasteiger partial charge in [-0.1, -0.05) is 59.8 Å². The Hall–Kier alpha value is -0.370. The predicted octanol–water partition coefficient (Wildman–Crippen LogP) is 4.72. The maximum absolute atomic E-state index is 10.7. The van der Waals surface area contributed by atoms with Crippen LogP contribution in [-0.4, -0.2) is 18.4 Å². The molecule has 0 aromatic carbocycles. The summed E-state index contributed by atoms with van der Waals surface area (Å²) in [6.07, 6.45) is 9.70. The van der Waals surface area contributed by atoms with Crippen LogP contribution in [0.5, 0.6) is 0 Å². The van der Waals surface area contributed by atoms with Crippen LogP contribution in [0.4, 0.5) is 0 Å². The zero-order valence-corrected chi connectivity index (χ0v) is 13.3. The summed E-state index contributed by atoms with van der Waals surface area (Å²) in [5, 5.41) is 3.43. The summed E-state index contributed by atoms with van der Waals surface area (Å²) in [4.78, 5) is 10.7. The van der Waals surface area contributed by atoms with Crippen molar-refractivity contribution in [1.82, 2.24) is 5.32 Å². The third-order valence-corrected chi connectivity index (χ3v) is 2.76. The highest BCUT2D eigenvalue weighted by Gasteiger charge is 1.95. The van der Waals surface area contributed by atoms with E-state index in [1.54, 1.807) is 6.92 Å². The first-order valence-corrected chi connectivity index (χ1v) is 7.85. The Balaban J connectivity index is 0. The van der Waals surface area contributed by atoms with Gasteiger partial charge < -0.3 is 10.1 Å². The number of carbonyl (C=O) groups is 1. The van der Waals surface area contributed by atoms with Crippen LogP contribution >= 0.6 is 0 Å². The molecule has 0 fully saturated rings. The molecule has 0 rings (SSSR count). The summed E-state index contributed by atoms with van der Waals surface area (Å²) in [5.74, 6) is 0.333. The van der Waals surface area contributed by atoms with Gasteiger partial charge >= 0.3 is 0 Å². The van der Waals surface area contributed by atoms with Crippen LogP contribution in [0.1, 0.15) is 86.0 Å². The van der Waals surface area contributed by atoms with Crippen molar-refractivity contribution in [2.45, 2.75) is 92.0 Å². The molecule has 0 aliphatic heterocycles. The van der Waals surface area contributed by atoms with Gasteiger partial charge in [0.25, 0.3) is 0 Å². The predicted molar refractivity (Wildman–Crippen MR) is 82.1 cm³/mol. The number of Topliss-reactive ketones (excluding diaryl/α,β-unsaturated/α-hetero) is 1. The molecule has 0 amide bonds. The van der Waals surface area contributed by atoms with Gasteiger partial charge in [-0.25, -0.2) is 0 Å². The first-order chi connectivity index (χ1) is 8.63. The van der Waals surface area contributed by atoms with E-state index in [1.807, 2.05) is 13.8 Å². The van der Waals surface area contributed by atoms with E-state index < -0.39 is 0 Å². The molecule has 2 nitrogen and oxygen atoms in total. The SMILES string of the molecule is CC.CC(=O)CCCCCCCCCNC(C)C. The highest BCUT2D eigenvalue weighted by atomic mass is 16.1. The minimum atomic E-state index is 0.333. The minimum Gasteiger partial charge on any atom is -0.315 e. The van der Waals surface area contributed by atoms with Gasteiger partial charge in [0.15, 0.2) is 0 Å². The zero-order chi connectivity index (χ0) is 14.2. The summed E-state index contributed by atoms with van der Waals surface area (Å²) < 4.78 is 0. The van der Waals surface area contributed by atoms with Crippen LogP contribution in [0.25, 0.3) is 0 Å². The van der Waals surface area contributed by atoms with Gasteiger partial charge in [-0.05, 0) is 26.3 Å². The van der Waals surface area contributed by atoms with Crippen molar-refractivity contribution in [3.8, 4) is 0 Å². The molecule has 0 saturated heterocycles. The van der Waals surface area contributed by atoms with Crippen molar-refractivity contribution in [1.29, 1.82) is 0 Å². The molecule has 0 bridgehead atoms. The first-order valence-electron chi connectivity index (χ1n) is 7.85. The number of nitrogens with one attached hydrogen (secondary N) is 1. The van der Waals surface area contributed by atoms with Gasteiger partial charge in [0.05, 0.1) is 0 Å². The maximum atomic E-state index is 10.7. The molecule has 0 atom stereocenters. The van der Waals surface area contributed by atoms with Crippen LogP contribution < -0.4 is 5.32 Å². The minimum absolute atomic E-state index is 0.333. The summed E-state index contributed by atoms with van der Waals surface area (Å²) in [6, 6.07) is 0.617. The fourth-order valence-electron chi connectivity index (χ4n) is 1.77. The van der Waals surface area contributed by atoms with Gasteiger partial charge in [0.2, 0.25) is 0 Å². The summed E-state index contributed by atoms with van der Waals surface area (Å²) in [6.45, 7) is 11.2. The molecule has 0 unspecified atom stereocenters. The lowest BCUT2D eigenvalue weighted by atomic mass is 10.1. The van der Waals surface area contributed by atoms with Crippen molar-refractivity contribution in [2.24, 2.45) is 0 Å². The Morgan fingerprint density at radius 3 is 1.78 bits per heavy atom. The molecule has 2 heteroatoms. The quantitative estimate of drug-likeness (QED) is 0.543. The van der Waals surface area contributed by atoms with E-state index in [0.717, 1.165) is 19.4 Å². The summed E-state index contributed by atoms with van der Waals surface area (Å²) >= 11 is 0. The summed E-state index contributed by atoms with van der Waals surface area (Å²) in [7, 11) is 0. The smallest absolute Gasteiger partial charge is 0.129 e. The van der Waals surface area contributed by atoms with E-state index in [-0.39, 0.29) is 0 Å². The van der Waals surface area contributed by atoms with Gasteiger partial charge in [-0.15, -0.1) is 0 Å². The molecule has 0 saturated carbocycles. The average Bonchev–Trinajstić information content (AvgIpc) is 2.33. The van der Waals surface area contributed by atoms with Crippen LogP contribution in [-0.2, 0) is 4.79 Å².